The molecule has 118 valence electrons. The number of Topliss-reactive ketones (excluding diaryl/α,β-unsaturated/α-hetero) is 1. The highest BCUT2D eigenvalue weighted by Gasteiger charge is 2.23. The number of aliphatic hydroxyl groups excluding tert-OH is 1. The molecule has 1 aliphatic rings. The smallest absolute Gasteiger partial charge is 0.166 e. The van der Waals surface area contributed by atoms with Gasteiger partial charge in [-0.1, -0.05) is 42.8 Å². The summed E-state index contributed by atoms with van der Waals surface area (Å²) in [4.78, 5) is 12.3. The van der Waals surface area contributed by atoms with E-state index in [1.807, 2.05) is 36.4 Å². The minimum Gasteiger partial charge on any atom is -0.512 e. The van der Waals surface area contributed by atoms with E-state index in [4.69, 9.17) is 11.6 Å². The number of rotatable bonds is 3. The summed E-state index contributed by atoms with van der Waals surface area (Å²) < 4.78 is 0. The van der Waals surface area contributed by atoms with Gasteiger partial charge in [0, 0.05) is 17.9 Å². The molecule has 0 spiro atoms. The summed E-state index contributed by atoms with van der Waals surface area (Å²) in [7, 11) is 0. The Labute approximate surface area is 141 Å². The van der Waals surface area contributed by atoms with Crippen LogP contribution in [0.5, 0.6) is 0 Å². The average molecular weight is 327 g/mol. The van der Waals surface area contributed by atoms with Crippen molar-refractivity contribution < 1.29 is 9.90 Å². The zero-order valence-corrected chi connectivity index (χ0v) is 13.9. The SMILES string of the molecule is CCc1ccc(-c2ccc(Cl)cc2)cc1C1=C(O)CCCC1=O. The van der Waals surface area contributed by atoms with Crippen LogP contribution in [0.1, 0.15) is 37.3 Å². The second-order valence-corrected chi connectivity index (χ2v) is 6.27. The van der Waals surface area contributed by atoms with Crippen molar-refractivity contribution in [3.05, 3.63) is 64.4 Å². The van der Waals surface area contributed by atoms with Crippen molar-refractivity contribution in [1.82, 2.24) is 0 Å². The summed E-state index contributed by atoms with van der Waals surface area (Å²) in [6, 6.07) is 13.7. The number of carbonyl (C=O) groups is 1. The number of hydrogen-bond acceptors (Lipinski definition) is 2. The van der Waals surface area contributed by atoms with Crippen molar-refractivity contribution in [3.8, 4) is 11.1 Å². The Bertz CT molecular complexity index is 773. The van der Waals surface area contributed by atoms with E-state index in [0.29, 0.717) is 23.4 Å². The van der Waals surface area contributed by atoms with Crippen LogP contribution in [-0.4, -0.2) is 10.9 Å². The quantitative estimate of drug-likeness (QED) is 0.798. The molecule has 0 bridgehead atoms. The summed E-state index contributed by atoms with van der Waals surface area (Å²) in [5.41, 5.74) is 4.51. The van der Waals surface area contributed by atoms with Gasteiger partial charge in [0.15, 0.2) is 5.78 Å². The number of ketones is 1. The minimum absolute atomic E-state index is 0.0386. The molecule has 3 rings (SSSR count). The van der Waals surface area contributed by atoms with E-state index in [1.54, 1.807) is 0 Å². The number of halogens is 1. The van der Waals surface area contributed by atoms with Crippen LogP contribution < -0.4 is 0 Å². The Kier molecular flexibility index (Phi) is 4.53. The molecule has 0 aliphatic heterocycles. The predicted molar refractivity (Wildman–Crippen MR) is 94.7 cm³/mol. The van der Waals surface area contributed by atoms with Crippen LogP contribution >= 0.6 is 11.6 Å². The fourth-order valence-corrected chi connectivity index (χ4v) is 3.20. The van der Waals surface area contributed by atoms with Crippen LogP contribution in [0.4, 0.5) is 0 Å². The van der Waals surface area contributed by atoms with Gasteiger partial charge >= 0.3 is 0 Å². The number of aliphatic hydroxyl groups is 1. The standard InChI is InChI=1S/C20H19ClO2/c1-2-13-6-7-15(14-8-10-16(21)11-9-14)12-17(13)20-18(22)4-3-5-19(20)23/h6-12,22H,2-5H2,1H3. The molecule has 1 aliphatic carbocycles. The van der Waals surface area contributed by atoms with Gasteiger partial charge in [0.2, 0.25) is 0 Å². The molecule has 0 atom stereocenters. The summed E-state index contributed by atoms with van der Waals surface area (Å²) in [6.07, 6.45) is 2.63. The van der Waals surface area contributed by atoms with Gasteiger partial charge in [-0.3, -0.25) is 4.79 Å². The van der Waals surface area contributed by atoms with E-state index >= 15 is 0 Å². The van der Waals surface area contributed by atoms with Crippen molar-refractivity contribution in [2.75, 3.05) is 0 Å². The fourth-order valence-electron chi connectivity index (χ4n) is 3.07. The van der Waals surface area contributed by atoms with Crippen molar-refractivity contribution in [1.29, 1.82) is 0 Å². The predicted octanol–water partition coefficient (Wildman–Crippen LogP) is 5.59. The highest BCUT2D eigenvalue weighted by atomic mass is 35.5. The Morgan fingerprint density at radius 1 is 1.04 bits per heavy atom. The Balaban J connectivity index is 2.14. The number of aryl methyl sites for hydroxylation is 1. The molecule has 0 fully saturated rings. The number of benzene rings is 2. The molecule has 23 heavy (non-hydrogen) atoms. The van der Waals surface area contributed by atoms with E-state index in [2.05, 4.69) is 13.0 Å². The largest absolute Gasteiger partial charge is 0.512 e. The Morgan fingerprint density at radius 3 is 2.39 bits per heavy atom. The molecular formula is C20H19ClO2. The van der Waals surface area contributed by atoms with Crippen LogP contribution in [0.15, 0.2) is 48.2 Å². The fraction of sp³-hybridized carbons (Fsp3) is 0.250. The number of hydrogen-bond donors (Lipinski definition) is 1. The van der Waals surface area contributed by atoms with Gasteiger partial charge in [0.25, 0.3) is 0 Å². The molecule has 0 saturated carbocycles. The second kappa shape index (κ2) is 6.59. The Hall–Kier alpha value is -2.06. The molecule has 0 aromatic heterocycles. The van der Waals surface area contributed by atoms with Gasteiger partial charge in [0.05, 0.1) is 5.57 Å². The zero-order valence-electron chi connectivity index (χ0n) is 13.1. The zero-order chi connectivity index (χ0) is 16.4. The lowest BCUT2D eigenvalue weighted by Gasteiger charge is -2.19. The maximum Gasteiger partial charge on any atom is 0.166 e. The molecule has 1 N–H and O–H groups in total. The van der Waals surface area contributed by atoms with Crippen LogP contribution in [-0.2, 0) is 11.2 Å². The van der Waals surface area contributed by atoms with Crippen molar-refractivity contribution in [2.24, 2.45) is 0 Å². The van der Waals surface area contributed by atoms with Crippen LogP contribution in [0, 0.1) is 0 Å². The highest BCUT2D eigenvalue weighted by Crippen LogP contribution is 2.33. The van der Waals surface area contributed by atoms with Gasteiger partial charge in [-0.15, -0.1) is 0 Å². The van der Waals surface area contributed by atoms with Gasteiger partial charge < -0.3 is 5.11 Å². The highest BCUT2D eigenvalue weighted by molar-refractivity contribution is 6.30. The van der Waals surface area contributed by atoms with Gasteiger partial charge in [-0.25, -0.2) is 0 Å². The minimum atomic E-state index is 0.0386. The van der Waals surface area contributed by atoms with Crippen molar-refractivity contribution >= 4 is 23.0 Å². The molecule has 2 nitrogen and oxygen atoms in total. The van der Waals surface area contributed by atoms with Crippen LogP contribution in [0.2, 0.25) is 5.02 Å². The molecule has 0 radical (unpaired) electrons. The van der Waals surface area contributed by atoms with E-state index in [-0.39, 0.29) is 11.5 Å². The lowest BCUT2D eigenvalue weighted by molar-refractivity contribution is -0.114. The number of carbonyl (C=O) groups excluding carboxylic acids is 1. The molecule has 2 aromatic carbocycles. The first kappa shape index (κ1) is 15.8. The van der Waals surface area contributed by atoms with Gasteiger partial charge in [-0.05, 0) is 53.3 Å². The molecule has 2 aromatic rings. The number of allylic oxidation sites excluding steroid dienone is 2. The summed E-state index contributed by atoms with van der Waals surface area (Å²) in [5, 5.41) is 10.9. The first-order valence-electron chi connectivity index (χ1n) is 7.94. The van der Waals surface area contributed by atoms with Crippen molar-refractivity contribution in [3.63, 3.8) is 0 Å². The summed E-state index contributed by atoms with van der Waals surface area (Å²) >= 11 is 5.95. The average Bonchev–Trinajstić information content (AvgIpc) is 2.55. The monoisotopic (exact) mass is 326 g/mol. The first-order valence-corrected chi connectivity index (χ1v) is 8.32. The van der Waals surface area contributed by atoms with Crippen molar-refractivity contribution in [2.45, 2.75) is 32.6 Å². The molecular weight excluding hydrogens is 308 g/mol. The third kappa shape index (κ3) is 3.18. The topological polar surface area (TPSA) is 37.3 Å². The van der Waals surface area contributed by atoms with Crippen LogP contribution in [0.25, 0.3) is 16.7 Å². The second-order valence-electron chi connectivity index (χ2n) is 5.83. The first-order chi connectivity index (χ1) is 11.1. The lowest BCUT2D eigenvalue weighted by Crippen LogP contribution is -2.12. The third-order valence-corrected chi connectivity index (χ3v) is 4.57. The van der Waals surface area contributed by atoms with E-state index in [1.165, 1.54) is 0 Å². The third-order valence-electron chi connectivity index (χ3n) is 4.32. The van der Waals surface area contributed by atoms with Gasteiger partial charge in [0.1, 0.15) is 5.76 Å². The van der Waals surface area contributed by atoms with Gasteiger partial charge in [-0.2, -0.15) is 0 Å². The van der Waals surface area contributed by atoms with E-state index < -0.39 is 0 Å². The molecule has 0 unspecified atom stereocenters. The lowest BCUT2D eigenvalue weighted by atomic mass is 9.86. The normalized spacial score (nSPS) is 15.1. The van der Waals surface area contributed by atoms with E-state index in [9.17, 15) is 9.90 Å². The van der Waals surface area contributed by atoms with Crippen LogP contribution in [0.3, 0.4) is 0 Å². The van der Waals surface area contributed by atoms with E-state index in [0.717, 1.165) is 35.1 Å². The molecule has 3 heteroatoms. The maximum atomic E-state index is 12.3. The Morgan fingerprint density at radius 2 is 1.74 bits per heavy atom. The summed E-state index contributed by atoms with van der Waals surface area (Å²) in [6.45, 7) is 2.06. The molecule has 0 heterocycles. The molecule has 0 saturated heterocycles. The molecule has 0 amide bonds. The maximum absolute atomic E-state index is 12.3. The summed E-state index contributed by atoms with van der Waals surface area (Å²) in [5.74, 6) is 0.265.